The van der Waals surface area contributed by atoms with Crippen molar-refractivity contribution in [2.45, 2.75) is 51.6 Å². The number of hydrogen-bond acceptors (Lipinski definition) is 2. The van der Waals surface area contributed by atoms with E-state index < -0.39 is 11.1 Å². The maximum atomic E-state index is 7.62. The van der Waals surface area contributed by atoms with Crippen LogP contribution in [0.5, 0.6) is 0 Å². The Labute approximate surface area is 204 Å². The Morgan fingerprint density at radius 1 is 0.471 bits per heavy atom. The summed E-state index contributed by atoms with van der Waals surface area (Å²) in [5.41, 5.74) is 22.8. The van der Waals surface area contributed by atoms with E-state index in [1.807, 2.05) is 12.1 Å². The van der Waals surface area contributed by atoms with Crippen molar-refractivity contribution in [1.82, 2.24) is 0 Å². The van der Waals surface area contributed by atoms with Crippen LogP contribution >= 0.6 is 0 Å². The summed E-state index contributed by atoms with van der Waals surface area (Å²) in [5.74, 6) is 0. The Bertz CT molecular complexity index is 1120. The Morgan fingerprint density at radius 3 is 1.06 bits per heavy atom. The van der Waals surface area contributed by atoms with E-state index in [-0.39, 0.29) is 0 Å². The molecule has 0 radical (unpaired) electrons. The third-order valence-electron chi connectivity index (χ3n) is 6.92. The summed E-state index contributed by atoms with van der Waals surface area (Å²) >= 11 is 0. The summed E-state index contributed by atoms with van der Waals surface area (Å²) in [6, 6.07) is 34.2. The van der Waals surface area contributed by atoms with Crippen LogP contribution in [0.15, 0.2) is 97.1 Å². The van der Waals surface area contributed by atoms with Crippen LogP contribution in [0.4, 0.5) is 0 Å². The third-order valence-corrected chi connectivity index (χ3v) is 6.92. The molecule has 0 bridgehead atoms. The minimum Gasteiger partial charge on any atom is -0.319 e. The molecule has 0 heterocycles. The van der Waals surface area contributed by atoms with E-state index in [9.17, 15) is 0 Å². The zero-order valence-electron chi connectivity index (χ0n) is 20.8. The summed E-state index contributed by atoms with van der Waals surface area (Å²) < 4.78 is 0. The van der Waals surface area contributed by atoms with Crippen LogP contribution in [-0.4, -0.2) is 0 Å². The fraction of sp³-hybridized carbons (Fsp3) is 0.250. The Morgan fingerprint density at radius 2 is 0.765 bits per heavy atom. The molecule has 4 aromatic carbocycles. The summed E-state index contributed by atoms with van der Waals surface area (Å²) in [6.45, 7) is 8.52. The molecule has 4 aromatic rings. The molecule has 0 amide bonds. The highest BCUT2D eigenvalue weighted by Crippen LogP contribution is 2.43. The summed E-state index contributed by atoms with van der Waals surface area (Å²) in [6.07, 6.45) is 1.26. The van der Waals surface area contributed by atoms with Gasteiger partial charge in [-0.2, -0.15) is 0 Å². The van der Waals surface area contributed by atoms with Crippen LogP contribution in [0.3, 0.4) is 0 Å². The van der Waals surface area contributed by atoms with Gasteiger partial charge in [0.05, 0.1) is 11.1 Å². The van der Waals surface area contributed by atoms with Gasteiger partial charge in [-0.15, -0.1) is 0 Å². The highest BCUT2D eigenvalue weighted by Gasteiger charge is 2.49. The molecule has 4 rings (SSSR count). The minimum atomic E-state index is -0.846. The molecule has 2 nitrogen and oxygen atoms in total. The number of aryl methyl sites for hydroxylation is 4. The number of rotatable bonds is 7. The Balaban J connectivity index is 2.00. The van der Waals surface area contributed by atoms with Crippen molar-refractivity contribution >= 4 is 0 Å². The molecule has 2 heteroatoms. The highest BCUT2D eigenvalue weighted by molar-refractivity contribution is 5.45. The lowest BCUT2D eigenvalue weighted by Crippen LogP contribution is -2.63. The second kappa shape index (κ2) is 9.58. The monoisotopic (exact) mass is 448 g/mol. The zero-order valence-corrected chi connectivity index (χ0v) is 20.8. The third kappa shape index (κ3) is 4.84. The van der Waals surface area contributed by atoms with Crippen molar-refractivity contribution in [3.63, 3.8) is 0 Å². The predicted octanol–water partition coefficient (Wildman–Crippen LogP) is 6.41. The van der Waals surface area contributed by atoms with Gasteiger partial charge >= 0.3 is 0 Å². The molecule has 174 valence electrons. The fourth-order valence-corrected chi connectivity index (χ4v) is 5.33. The second-order valence-electron chi connectivity index (χ2n) is 10.0. The Hall–Kier alpha value is -3.20. The summed E-state index contributed by atoms with van der Waals surface area (Å²) in [7, 11) is 0. The van der Waals surface area contributed by atoms with Crippen molar-refractivity contribution in [2.75, 3.05) is 0 Å². The van der Waals surface area contributed by atoms with Gasteiger partial charge in [-0.25, -0.2) is 0 Å². The zero-order chi connectivity index (χ0) is 24.3. The van der Waals surface area contributed by atoms with Gasteiger partial charge in [0.1, 0.15) is 0 Å². The smallest absolute Gasteiger partial charge is 0.0678 e. The van der Waals surface area contributed by atoms with Gasteiger partial charge in [-0.3, -0.25) is 0 Å². The molecule has 0 fully saturated rings. The van der Waals surface area contributed by atoms with Gasteiger partial charge in [0.25, 0.3) is 0 Å². The highest BCUT2D eigenvalue weighted by atomic mass is 14.9. The molecule has 4 N–H and O–H groups in total. The molecular formula is C32H36N2. The normalized spacial score (nSPS) is 14.9. The first-order chi connectivity index (χ1) is 16.2. The molecule has 0 aliphatic heterocycles. The summed E-state index contributed by atoms with van der Waals surface area (Å²) in [5, 5.41) is 0. The van der Waals surface area contributed by atoms with Gasteiger partial charge in [0.15, 0.2) is 0 Å². The standard InChI is InChI=1S/C32H36N2/c1-23-15-24(2)18-29(17-23)31(33,21-27-11-7-5-8-12-27)32(34,22-28-13-9-6-10-14-28)30-19-25(3)16-26(4)20-30/h5-20H,21-22,33-34H2,1-4H3. The van der Waals surface area contributed by atoms with E-state index in [2.05, 4.69) is 113 Å². The van der Waals surface area contributed by atoms with Crippen molar-refractivity contribution in [3.05, 3.63) is 142 Å². The largest absolute Gasteiger partial charge is 0.319 e. The lowest BCUT2D eigenvalue weighted by Gasteiger charge is -2.48. The van der Waals surface area contributed by atoms with Crippen LogP contribution in [0.2, 0.25) is 0 Å². The van der Waals surface area contributed by atoms with Gasteiger partial charge in [0.2, 0.25) is 0 Å². The number of benzene rings is 4. The van der Waals surface area contributed by atoms with Crippen molar-refractivity contribution in [2.24, 2.45) is 11.5 Å². The van der Waals surface area contributed by atoms with Gasteiger partial charge in [-0.05, 0) is 62.8 Å². The van der Waals surface area contributed by atoms with Gasteiger partial charge < -0.3 is 11.5 Å². The maximum Gasteiger partial charge on any atom is 0.0678 e. The Kier molecular flexibility index (Phi) is 6.74. The van der Waals surface area contributed by atoms with E-state index in [1.54, 1.807) is 0 Å². The molecule has 0 aromatic heterocycles. The SMILES string of the molecule is Cc1cc(C)cc(C(N)(Cc2ccccc2)C(N)(Cc2ccccc2)c2cc(C)cc(C)c2)c1. The van der Waals surface area contributed by atoms with Crippen LogP contribution in [0.25, 0.3) is 0 Å². The first-order valence-corrected chi connectivity index (χ1v) is 12.0. The van der Waals surface area contributed by atoms with Crippen molar-refractivity contribution in [1.29, 1.82) is 0 Å². The molecule has 2 atom stereocenters. The molecule has 2 unspecified atom stereocenters. The van der Waals surface area contributed by atoms with Crippen LogP contribution in [0, 0.1) is 27.7 Å². The van der Waals surface area contributed by atoms with E-state index >= 15 is 0 Å². The van der Waals surface area contributed by atoms with E-state index in [1.165, 1.54) is 33.4 Å². The van der Waals surface area contributed by atoms with Gasteiger partial charge in [0, 0.05) is 0 Å². The van der Waals surface area contributed by atoms with Crippen molar-refractivity contribution < 1.29 is 0 Å². The quantitative estimate of drug-likeness (QED) is 0.343. The predicted molar refractivity (Wildman–Crippen MR) is 144 cm³/mol. The number of hydrogen-bond donors (Lipinski definition) is 2. The summed E-state index contributed by atoms with van der Waals surface area (Å²) in [4.78, 5) is 0. The molecule has 0 aliphatic carbocycles. The van der Waals surface area contributed by atoms with Gasteiger partial charge in [-0.1, -0.05) is 119 Å². The van der Waals surface area contributed by atoms with Crippen LogP contribution in [0.1, 0.15) is 44.5 Å². The molecular weight excluding hydrogens is 412 g/mol. The lowest BCUT2D eigenvalue weighted by molar-refractivity contribution is 0.215. The van der Waals surface area contributed by atoms with E-state index in [0.29, 0.717) is 12.8 Å². The molecule has 0 saturated carbocycles. The first kappa shape index (κ1) is 23.9. The first-order valence-electron chi connectivity index (χ1n) is 12.0. The minimum absolute atomic E-state index is 0.632. The average molecular weight is 449 g/mol. The second-order valence-corrected chi connectivity index (χ2v) is 10.0. The molecule has 0 spiro atoms. The lowest BCUT2D eigenvalue weighted by atomic mass is 9.63. The topological polar surface area (TPSA) is 52.0 Å². The molecule has 34 heavy (non-hydrogen) atoms. The number of nitrogens with two attached hydrogens (primary N) is 2. The van der Waals surface area contributed by atoms with E-state index in [0.717, 1.165) is 11.1 Å². The average Bonchev–Trinajstić information content (AvgIpc) is 2.79. The van der Waals surface area contributed by atoms with Crippen LogP contribution in [-0.2, 0) is 23.9 Å². The molecule has 0 saturated heterocycles. The maximum absolute atomic E-state index is 7.62. The van der Waals surface area contributed by atoms with Crippen molar-refractivity contribution in [3.8, 4) is 0 Å². The van der Waals surface area contributed by atoms with Crippen LogP contribution < -0.4 is 11.5 Å². The molecule has 0 aliphatic rings. The van der Waals surface area contributed by atoms with E-state index in [4.69, 9.17) is 11.5 Å². The fourth-order valence-electron chi connectivity index (χ4n) is 5.33.